The van der Waals surface area contributed by atoms with Crippen LogP contribution in [0.15, 0.2) is 47.4 Å². The number of carbonyl (C=O) groups excluding carboxylic acids is 1. The van der Waals surface area contributed by atoms with Gasteiger partial charge in [0.2, 0.25) is 10.0 Å². The number of carbonyl (C=O) groups is 1. The Morgan fingerprint density at radius 3 is 2.48 bits per heavy atom. The predicted octanol–water partition coefficient (Wildman–Crippen LogP) is 2.86. The fraction of sp³-hybridized carbons (Fsp3) is 0.409. The van der Waals surface area contributed by atoms with Crippen LogP contribution in [0.3, 0.4) is 0 Å². The molecule has 1 amide bonds. The fourth-order valence-electron chi connectivity index (χ4n) is 3.88. The van der Waals surface area contributed by atoms with Crippen LogP contribution in [-0.4, -0.2) is 48.3 Å². The molecule has 2 aromatic rings. The molecule has 1 fully saturated rings. The Hall–Kier alpha value is -2.39. The second-order valence-electron chi connectivity index (χ2n) is 8.30. The molecule has 4 rings (SSSR count). The van der Waals surface area contributed by atoms with Gasteiger partial charge in [-0.05, 0) is 54.7 Å². The Kier molecular flexibility index (Phi) is 5.59. The van der Waals surface area contributed by atoms with E-state index in [-0.39, 0.29) is 17.2 Å². The maximum atomic E-state index is 13.3. The van der Waals surface area contributed by atoms with Gasteiger partial charge in [-0.1, -0.05) is 25.0 Å². The molecule has 2 aliphatic rings. The van der Waals surface area contributed by atoms with Crippen LogP contribution < -0.4 is 9.21 Å². The van der Waals surface area contributed by atoms with Crippen LogP contribution in [0.1, 0.15) is 35.2 Å². The molecule has 0 N–H and O–H groups in total. The van der Waals surface area contributed by atoms with Gasteiger partial charge in [-0.25, -0.2) is 16.8 Å². The summed E-state index contributed by atoms with van der Waals surface area (Å²) in [4.78, 5) is 15.2. The van der Waals surface area contributed by atoms with Crippen molar-refractivity contribution in [2.45, 2.75) is 30.6 Å². The standard InChI is InChI=1S/C22H26N2O5S2/c1-23(30(2,26)27)21-6-4-3-5-19(21)22(25)24-13-11-17-15-18(9-10-20(17)24)31(28,29)14-12-16-7-8-16/h3-6,9-10,15-16H,7-8,11-14H2,1-2H3. The molecule has 0 unspecified atom stereocenters. The number of amides is 1. The van der Waals surface area contributed by atoms with Gasteiger partial charge in [0, 0.05) is 19.3 Å². The van der Waals surface area contributed by atoms with Crippen LogP contribution in [0.4, 0.5) is 11.4 Å². The number of hydrogen-bond donors (Lipinski definition) is 0. The third-order valence-electron chi connectivity index (χ3n) is 6.01. The van der Waals surface area contributed by atoms with E-state index in [2.05, 4.69) is 0 Å². The molecule has 0 atom stereocenters. The molecule has 1 saturated carbocycles. The van der Waals surface area contributed by atoms with Gasteiger partial charge in [-0.2, -0.15) is 0 Å². The van der Waals surface area contributed by atoms with Gasteiger partial charge in [0.1, 0.15) is 0 Å². The SMILES string of the molecule is CN(c1ccccc1C(=O)N1CCc2cc(S(=O)(=O)CCC3CC3)ccc21)S(C)(=O)=O. The number of anilines is 2. The molecule has 0 radical (unpaired) electrons. The van der Waals surface area contributed by atoms with E-state index in [1.54, 1.807) is 47.4 Å². The van der Waals surface area contributed by atoms with E-state index in [1.807, 2.05) is 0 Å². The fourth-order valence-corrected chi connectivity index (χ4v) is 5.87. The lowest BCUT2D eigenvalue weighted by Crippen LogP contribution is -2.32. The summed E-state index contributed by atoms with van der Waals surface area (Å²) in [6.45, 7) is 0.413. The molecule has 9 heteroatoms. The third-order valence-corrected chi connectivity index (χ3v) is 8.95. The molecule has 0 aromatic heterocycles. The average Bonchev–Trinajstić information content (AvgIpc) is 3.47. The van der Waals surface area contributed by atoms with Gasteiger partial charge < -0.3 is 4.90 Å². The monoisotopic (exact) mass is 462 g/mol. The van der Waals surface area contributed by atoms with E-state index >= 15 is 0 Å². The Morgan fingerprint density at radius 1 is 1.10 bits per heavy atom. The minimum Gasteiger partial charge on any atom is -0.308 e. The smallest absolute Gasteiger partial charge is 0.260 e. The van der Waals surface area contributed by atoms with Crippen LogP contribution in [0.25, 0.3) is 0 Å². The van der Waals surface area contributed by atoms with Crippen LogP contribution in [0.2, 0.25) is 0 Å². The number of fused-ring (bicyclic) bond motifs is 1. The maximum Gasteiger partial charge on any atom is 0.260 e. The summed E-state index contributed by atoms with van der Waals surface area (Å²) in [6.07, 6.45) is 4.58. The van der Waals surface area contributed by atoms with Crippen molar-refractivity contribution in [1.29, 1.82) is 0 Å². The highest BCUT2D eigenvalue weighted by atomic mass is 32.2. The van der Waals surface area contributed by atoms with Crippen LogP contribution >= 0.6 is 0 Å². The number of sulfonamides is 1. The van der Waals surface area contributed by atoms with Crippen molar-refractivity contribution in [1.82, 2.24) is 0 Å². The number of para-hydroxylation sites is 1. The zero-order valence-electron chi connectivity index (χ0n) is 17.6. The van der Waals surface area contributed by atoms with E-state index < -0.39 is 19.9 Å². The number of rotatable bonds is 7. The van der Waals surface area contributed by atoms with Crippen LogP contribution in [0, 0.1) is 5.92 Å². The van der Waals surface area contributed by atoms with Crippen molar-refractivity contribution in [2.24, 2.45) is 5.92 Å². The quantitative estimate of drug-likeness (QED) is 0.631. The first-order chi connectivity index (χ1) is 14.6. The van der Waals surface area contributed by atoms with Crippen molar-refractivity contribution in [3.8, 4) is 0 Å². The van der Waals surface area contributed by atoms with E-state index in [0.717, 1.165) is 29.0 Å². The van der Waals surface area contributed by atoms with Gasteiger partial charge in [0.25, 0.3) is 5.91 Å². The van der Waals surface area contributed by atoms with Crippen LogP contribution in [0.5, 0.6) is 0 Å². The zero-order chi connectivity index (χ0) is 22.4. The molecule has 0 spiro atoms. The summed E-state index contributed by atoms with van der Waals surface area (Å²) < 4.78 is 50.4. The van der Waals surface area contributed by atoms with Crippen molar-refractivity contribution in [2.75, 3.05) is 34.8 Å². The lowest BCUT2D eigenvalue weighted by molar-refractivity contribution is 0.0990. The molecule has 31 heavy (non-hydrogen) atoms. The number of benzene rings is 2. The molecule has 1 aliphatic carbocycles. The van der Waals surface area contributed by atoms with Crippen molar-refractivity contribution >= 4 is 37.1 Å². The van der Waals surface area contributed by atoms with E-state index in [0.29, 0.717) is 41.6 Å². The summed E-state index contributed by atoms with van der Waals surface area (Å²) in [5, 5.41) is 0. The molecule has 0 bridgehead atoms. The maximum absolute atomic E-state index is 13.3. The average molecular weight is 463 g/mol. The molecule has 0 saturated heterocycles. The highest BCUT2D eigenvalue weighted by molar-refractivity contribution is 7.92. The summed E-state index contributed by atoms with van der Waals surface area (Å²) in [5.41, 5.74) is 2.07. The van der Waals surface area contributed by atoms with Crippen LogP contribution in [-0.2, 0) is 26.3 Å². The van der Waals surface area contributed by atoms with E-state index in [1.165, 1.54) is 7.05 Å². The number of hydrogen-bond acceptors (Lipinski definition) is 5. The Morgan fingerprint density at radius 2 is 1.81 bits per heavy atom. The topological polar surface area (TPSA) is 91.8 Å². The second-order valence-corrected chi connectivity index (χ2v) is 12.4. The molecular formula is C22H26N2O5S2. The molecule has 166 valence electrons. The summed E-state index contributed by atoms with van der Waals surface area (Å²) in [5.74, 6) is 0.390. The first-order valence-electron chi connectivity index (χ1n) is 10.3. The number of sulfone groups is 1. The van der Waals surface area contributed by atoms with E-state index in [9.17, 15) is 21.6 Å². The lowest BCUT2D eigenvalue weighted by Gasteiger charge is -2.23. The summed E-state index contributed by atoms with van der Waals surface area (Å²) in [7, 11) is -5.45. The highest BCUT2D eigenvalue weighted by Crippen LogP contribution is 2.35. The minimum absolute atomic E-state index is 0.157. The number of nitrogens with zero attached hydrogens (tertiary/aromatic N) is 2. The Labute approximate surface area is 183 Å². The van der Waals surface area contributed by atoms with E-state index in [4.69, 9.17) is 0 Å². The normalized spacial score (nSPS) is 16.3. The van der Waals surface area contributed by atoms with Crippen molar-refractivity contribution in [3.63, 3.8) is 0 Å². The summed E-state index contributed by atoms with van der Waals surface area (Å²) in [6, 6.07) is 11.5. The van der Waals surface area contributed by atoms with Gasteiger partial charge in [0.15, 0.2) is 9.84 Å². The van der Waals surface area contributed by atoms with Gasteiger partial charge >= 0.3 is 0 Å². The van der Waals surface area contributed by atoms with Gasteiger partial charge in [-0.15, -0.1) is 0 Å². The molecule has 7 nitrogen and oxygen atoms in total. The lowest BCUT2D eigenvalue weighted by atomic mass is 10.1. The predicted molar refractivity (Wildman–Crippen MR) is 121 cm³/mol. The highest BCUT2D eigenvalue weighted by Gasteiger charge is 2.30. The minimum atomic E-state index is -3.53. The third kappa shape index (κ3) is 4.48. The second kappa shape index (κ2) is 7.94. The Bertz CT molecular complexity index is 1230. The van der Waals surface area contributed by atoms with Gasteiger partial charge in [0.05, 0.1) is 28.2 Å². The molecule has 1 heterocycles. The Balaban J connectivity index is 1.61. The van der Waals surface area contributed by atoms with Crippen molar-refractivity contribution < 1.29 is 21.6 Å². The zero-order valence-corrected chi connectivity index (χ0v) is 19.2. The molecule has 1 aliphatic heterocycles. The van der Waals surface area contributed by atoms with Crippen molar-refractivity contribution in [3.05, 3.63) is 53.6 Å². The summed E-state index contributed by atoms with van der Waals surface area (Å²) >= 11 is 0. The molecule has 2 aromatic carbocycles. The largest absolute Gasteiger partial charge is 0.308 e. The molecular weight excluding hydrogens is 436 g/mol. The first kappa shape index (κ1) is 21.8. The van der Waals surface area contributed by atoms with Gasteiger partial charge in [-0.3, -0.25) is 9.10 Å². The first-order valence-corrected chi connectivity index (χ1v) is 13.8.